The van der Waals surface area contributed by atoms with Crippen LogP contribution in [-0.4, -0.2) is 18.3 Å². The van der Waals surface area contributed by atoms with Gasteiger partial charge in [-0.3, -0.25) is 0 Å². The maximum absolute atomic E-state index is 6.25. The molecule has 106 valence electrons. The van der Waals surface area contributed by atoms with Crippen LogP contribution in [0.5, 0.6) is 0 Å². The van der Waals surface area contributed by atoms with Gasteiger partial charge in [0, 0.05) is 37.7 Å². The van der Waals surface area contributed by atoms with Crippen molar-refractivity contribution in [2.75, 3.05) is 13.7 Å². The molecule has 0 radical (unpaired) electrons. The lowest BCUT2D eigenvalue weighted by atomic mass is 9.93. The highest BCUT2D eigenvalue weighted by atomic mass is 16.5. The second-order valence-electron chi connectivity index (χ2n) is 6.52. The summed E-state index contributed by atoms with van der Waals surface area (Å²) in [6.45, 7) is 4.30. The van der Waals surface area contributed by atoms with Gasteiger partial charge < -0.3 is 15.0 Å². The highest BCUT2D eigenvalue weighted by Crippen LogP contribution is 2.51. The Morgan fingerprint density at radius 1 is 1.47 bits per heavy atom. The van der Waals surface area contributed by atoms with Crippen LogP contribution in [0.1, 0.15) is 55.1 Å². The van der Waals surface area contributed by atoms with Crippen LogP contribution in [0.2, 0.25) is 0 Å². The van der Waals surface area contributed by atoms with Crippen LogP contribution in [0.25, 0.3) is 0 Å². The van der Waals surface area contributed by atoms with Gasteiger partial charge in [-0.25, -0.2) is 0 Å². The molecule has 3 nitrogen and oxygen atoms in total. The topological polar surface area (TPSA) is 40.2 Å². The molecule has 1 saturated carbocycles. The minimum absolute atomic E-state index is 0.262. The van der Waals surface area contributed by atoms with Gasteiger partial charge in [0.2, 0.25) is 0 Å². The summed E-state index contributed by atoms with van der Waals surface area (Å²) in [6.07, 6.45) is 7.50. The number of methoxy groups -OCH3 is 1. The van der Waals surface area contributed by atoms with Gasteiger partial charge in [-0.05, 0) is 62.5 Å². The molecule has 0 aromatic carbocycles. The van der Waals surface area contributed by atoms with Crippen molar-refractivity contribution in [3.8, 4) is 0 Å². The average molecular weight is 262 g/mol. The standard InChI is InChI=1S/C16H26N2O/c1-12-10-13-14(17)4-3-5-15(13)18(12)11-16(6-7-16)8-9-19-2/h10,14H,3-9,11,17H2,1-2H3. The molecule has 1 atom stereocenters. The molecule has 1 heterocycles. The lowest BCUT2D eigenvalue weighted by Crippen LogP contribution is -2.21. The zero-order valence-corrected chi connectivity index (χ0v) is 12.2. The van der Waals surface area contributed by atoms with E-state index in [1.165, 1.54) is 55.6 Å². The van der Waals surface area contributed by atoms with Gasteiger partial charge in [-0.2, -0.15) is 0 Å². The summed E-state index contributed by atoms with van der Waals surface area (Å²) in [6, 6.07) is 2.59. The summed E-state index contributed by atoms with van der Waals surface area (Å²) < 4.78 is 7.82. The molecule has 2 aliphatic rings. The minimum atomic E-state index is 0.262. The molecule has 1 fully saturated rings. The third kappa shape index (κ3) is 2.46. The van der Waals surface area contributed by atoms with Crippen LogP contribution in [0, 0.1) is 12.3 Å². The fourth-order valence-corrected chi connectivity index (χ4v) is 3.54. The Labute approximate surface area is 116 Å². The molecule has 2 aliphatic carbocycles. The highest BCUT2D eigenvalue weighted by molar-refractivity contribution is 5.33. The first-order chi connectivity index (χ1) is 9.15. The molecule has 2 N–H and O–H groups in total. The van der Waals surface area contributed by atoms with E-state index < -0.39 is 0 Å². The maximum atomic E-state index is 6.25. The van der Waals surface area contributed by atoms with Gasteiger partial charge in [0.25, 0.3) is 0 Å². The molecular formula is C16H26N2O. The molecule has 1 aromatic rings. The predicted octanol–water partition coefficient (Wildman–Crippen LogP) is 2.95. The van der Waals surface area contributed by atoms with Crippen LogP contribution < -0.4 is 5.73 Å². The second kappa shape index (κ2) is 4.95. The summed E-state index contributed by atoms with van der Waals surface area (Å²) in [5.41, 5.74) is 11.1. The first-order valence-corrected chi connectivity index (χ1v) is 7.59. The van der Waals surface area contributed by atoms with Gasteiger partial charge in [0.05, 0.1) is 0 Å². The molecule has 0 bridgehead atoms. The number of fused-ring (bicyclic) bond motifs is 1. The number of aromatic nitrogens is 1. The normalized spacial score (nSPS) is 24.3. The first kappa shape index (κ1) is 13.2. The Kier molecular flexibility index (Phi) is 3.44. The summed E-state index contributed by atoms with van der Waals surface area (Å²) >= 11 is 0. The molecule has 0 saturated heterocycles. The Balaban J connectivity index is 1.81. The lowest BCUT2D eigenvalue weighted by Gasteiger charge is -2.24. The highest BCUT2D eigenvalue weighted by Gasteiger charge is 2.43. The van der Waals surface area contributed by atoms with Gasteiger partial charge in [0.15, 0.2) is 0 Å². The van der Waals surface area contributed by atoms with Gasteiger partial charge >= 0.3 is 0 Å². The zero-order chi connectivity index (χ0) is 13.5. The van der Waals surface area contributed by atoms with E-state index in [0.717, 1.165) is 13.0 Å². The van der Waals surface area contributed by atoms with Crippen molar-refractivity contribution in [1.29, 1.82) is 0 Å². The van der Waals surface area contributed by atoms with Crippen LogP contribution in [0.4, 0.5) is 0 Å². The quantitative estimate of drug-likeness (QED) is 0.886. The number of hydrogen-bond acceptors (Lipinski definition) is 2. The van der Waals surface area contributed by atoms with E-state index in [4.69, 9.17) is 10.5 Å². The molecular weight excluding hydrogens is 236 g/mol. The zero-order valence-electron chi connectivity index (χ0n) is 12.2. The van der Waals surface area contributed by atoms with Crippen molar-refractivity contribution in [2.24, 2.45) is 11.1 Å². The summed E-state index contributed by atoms with van der Waals surface area (Å²) in [5.74, 6) is 0. The van der Waals surface area contributed by atoms with Crippen molar-refractivity contribution in [3.63, 3.8) is 0 Å². The molecule has 1 aromatic heterocycles. The maximum Gasteiger partial charge on any atom is 0.0468 e. The molecule has 3 rings (SSSR count). The summed E-state index contributed by atoms with van der Waals surface area (Å²) in [5, 5.41) is 0. The van der Waals surface area contributed by atoms with Crippen molar-refractivity contribution < 1.29 is 4.74 Å². The Morgan fingerprint density at radius 3 is 2.95 bits per heavy atom. The largest absolute Gasteiger partial charge is 0.385 e. The molecule has 0 amide bonds. The average Bonchev–Trinajstić information content (AvgIpc) is 3.09. The monoisotopic (exact) mass is 262 g/mol. The smallest absolute Gasteiger partial charge is 0.0468 e. The lowest BCUT2D eigenvalue weighted by molar-refractivity contribution is 0.166. The molecule has 1 unspecified atom stereocenters. The van der Waals surface area contributed by atoms with Crippen molar-refractivity contribution >= 4 is 0 Å². The van der Waals surface area contributed by atoms with Crippen LogP contribution in [0.3, 0.4) is 0 Å². The molecule has 0 spiro atoms. The van der Waals surface area contributed by atoms with E-state index >= 15 is 0 Å². The third-order valence-corrected chi connectivity index (χ3v) is 5.06. The van der Waals surface area contributed by atoms with Crippen LogP contribution in [0.15, 0.2) is 6.07 Å². The Hall–Kier alpha value is -0.800. The van der Waals surface area contributed by atoms with Crippen molar-refractivity contribution in [1.82, 2.24) is 4.57 Å². The van der Waals surface area contributed by atoms with Gasteiger partial charge in [-0.15, -0.1) is 0 Å². The van der Waals surface area contributed by atoms with Gasteiger partial charge in [-0.1, -0.05) is 0 Å². The van der Waals surface area contributed by atoms with E-state index in [0.29, 0.717) is 5.41 Å². The summed E-state index contributed by atoms with van der Waals surface area (Å²) in [7, 11) is 1.80. The molecule has 19 heavy (non-hydrogen) atoms. The van der Waals surface area contributed by atoms with E-state index in [1.54, 1.807) is 7.11 Å². The minimum Gasteiger partial charge on any atom is -0.385 e. The number of nitrogens with zero attached hydrogens (tertiary/aromatic N) is 1. The molecule has 0 aliphatic heterocycles. The van der Waals surface area contributed by atoms with Crippen LogP contribution >= 0.6 is 0 Å². The number of ether oxygens (including phenoxy) is 1. The van der Waals surface area contributed by atoms with Crippen molar-refractivity contribution in [2.45, 2.75) is 58.0 Å². The molecule has 3 heteroatoms. The van der Waals surface area contributed by atoms with Gasteiger partial charge in [0.1, 0.15) is 0 Å². The van der Waals surface area contributed by atoms with Crippen LogP contribution in [-0.2, 0) is 17.7 Å². The third-order valence-electron chi connectivity index (χ3n) is 5.06. The number of aryl methyl sites for hydroxylation is 1. The van der Waals surface area contributed by atoms with Crippen molar-refractivity contribution in [3.05, 3.63) is 23.0 Å². The summed E-state index contributed by atoms with van der Waals surface area (Å²) in [4.78, 5) is 0. The van der Waals surface area contributed by atoms with E-state index in [9.17, 15) is 0 Å². The first-order valence-electron chi connectivity index (χ1n) is 7.59. The predicted molar refractivity (Wildman–Crippen MR) is 77.2 cm³/mol. The van der Waals surface area contributed by atoms with E-state index in [1.807, 2.05) is 0 Å². The number of hydrogen-bond donors (Lipinski definition) is 1. The SMILES string of the molecule is COCCC1(Cn2c(C)cc3c2CCCC3N)CC1. The fraction of sp³-hybridized carbons (Fsp3) is 0.750. The Morgan fingerprint density at radius 2 is 2.26 bits per heavy atom. The number of rotatable bonds is 5. The van der Waals surface area contributed by atoms with E-state index in [-0.39, 0.29) is 6.04 Å². The second-order valence-corrected chi connectivity index (χ2v) is 6.52. The fourth-order valence-electron chi connectivity index (χ4n) is 3.54. The van der Waals surface area contributed by atoms with E-state index in [2.05, 4.69) is 17.6 Å². The number of nitrogens with two attached hydrogens (primary N) is 1. The Bertz CT molecular complexity index is 460.